The van der Waals surface area contributed by atoms with Gasteiger partial charge in [-0.05, 0) is 75.6 Å². The number of aryl methyl sites for hydroxylation is 7. The van der Waals surface area contributed by atoms with Crippen molar-refractivity contribution in [3.63, 3.8) is 0 Å². The molecular formula is C31H36F9N3O7. The molecule has 10 nitrogen and oxygen atoms in total. The van der Waals surface area contributed by atoms with Crippen molar-refractivity contribution in [3.05, 3.63) is 92.5 Å². The highest BCUT2D eigenvalue weighted by atomic mass is 19.4. The summed E-state index contributed by atoms with van der Waals surface area (Å²) in [6.07, 6.45) is -16.2. The molecule has 280 valence electrons. The first-order valence-corrected chi connectivity index (χ1v) is 13.5. The molecule has 0 unspecified atom stereocenters. The Labute approximate surface area is 281 Å². The summed E-state index contributed by atoms with van der Waals surface area (Å²) in [5.41, 5.74) is 7.34. The number of pyridine rings is 3. The first-order chi connectivity index (χ1) is 22.2. The van der Waals surface area contributed by atoms with E-state index in [0.29, 0.717) is 11.4 Å². The van der Waals surface area contributed by atoms with E-state index in [1.165, 1.54) is 0 Å². The van der Waals surface area contributed by atoms with Gasteiger partial charge in [0.05, 0.1) is 18.0 Å². The molecule has 0 saturated heterocycles. The molecule has 0 amide bonds. The van der Waals surface area contributed by atoms with Crippen molar-refractivity contribution in [2.75, 3.05) is 0 Å². The molecule has 3 rings (SSSR count). The molecule has 19 heteroatoms. The predicted octanol–water partition coefficient (Wildman–Crippen LogP) is 6.56. The summed E-state index contributed by atoms with van der Waals surface area (Å²) in [5, 5.41) is 19.8. The molecule has 0 fully saturated rings. The number of aliphatic hydroxyl groups is 1. The van der Waals surface area contributed by atoms with Gasteiger partial charge in [0.15, 0.2) is 11.4 Å². The molecule has 0 spiro atoms. The number of hydrogen-bond acceptors (Lipinski definition) is 9. The predicted molar refractivity (Wildman–Crippen MR) is 159 cm³/mol. The Bertz CT molecular complexity index is 1500. The standard InChI is InChI=1S/C10H10F3NO2.2C8H11NO.C4F6O3.CH4/c1-6-3-7(2)14-8(4-6)5-16-9(15)10(11,12)13;1-6-4-7(2)9(10)8(3)5-6;1-6-3-7(2)9-8(4-6)5-10;5-3(6,7)1(11)13-2(12)4(8,9)10;/h3-4H,5H2,1-2H3;4-5H,1-3H3;3-4,10H,5H2,1-2H3;;1H4. The van der Waals surface area contributed by atoms with Crippen LogP contribution < -0.4 is 4.73 Å². The summed E-state index contributed by atoms with van der Waals surface area (Å²) in [7, 11) is 0. The third kappa shape index (κ3) is 18.7. The molecule has 3 aromatic rings. The van der Waals surface area contributed by atoms with Crippen molar-refractivity contribution in [2.45, 2.75) is 87.6 Å². The second-order valence-electron chi connectivity index (χ2n) is 10.1. The van der Waals surface area contributed by atoms with Crippen LogP contribution in [0.5, 0.6) is 0 Å². The van der Waals surface area contributed by atoms with Gasteiger partial charge >= 0.3 is 36.4 Å². The Morgan fingerprint density at radius 2 is 0.980 bits per heavy atom. The second-order valence-corrected chi connectivity index (χ2v) is 10.1. The summed E-state index contributed by atoms with van der Waals surface area (Å²) in [5.74, 6) is -8.60. The van der Waals surface area contributed by atoms with Gasteiger partial charge in [0, 0.05) is 37.4 Å². The van der Waals surface area contributed by atoms with Crippen molar-refractivity contribution in [1.29, 1.82) is 0 Å². The van der Waals surface area contributed by atoms with Gasteiger partial charge in [-0.15, -0.1) is 0 Å². The largest absolute Gasteiger partial charge is 0.618 e. The van der Waals surface area contributed by atoms with E-state index in [9.17, 15) is 59.1 Å². The number of aliphatic hydroxyl groups excluding tert-OH is 1. The van der Waals surface area contributed by atoms with Gasteiger partial charge in [0.1, 0.15) is 6.61 Å². The van der Waals surface area contributed by atoms with E-state index in [1.54, 1.807) is 26.0 Å². The molecular weight excluding hydrogens is 697 g/mol. The molecule has 0 saturated carbocycles. The van der Waals surface area contributed by atoms with E-state index in [0.717, 1.165) is 44.2 Å². The SMILES string of the molecule is C.Cc1cc(C)[n+]([O-])c(C)c1.Cc1cc(C)nc(CO)c1.Cc1cc(C)nc(COC(=O)C(F)(F)F)c1.O=C(OC(=O)C(F)(F)F)C(F)(F)F. The van der Waals surface area contributed by atoms with Crippen molar-refractivity contribution < 1.29 is 73.2 Å². The fourth-order valence-corrected chi connectivity index (χ4v) is 3.52. The molecule has 1 N–H and O–H groups in total. The Hall–Kier alpha value is -4.81. The van der Waals surface area contributed by atoms with Gasteiger partial charge in [-0.25, -0.2) is 14.4 Å². The molecule has 0 bridgehead atoms. The zero-order valence-corrected chi connectivity index (χ0v) is 27.0. The Balaban J connectivity index is 0. The van der Waals surface area contributed by atoms with Gasteiger partial charge in [0.25, 0.3) is 0 Å². The quantitative estimate of drug-likeness (QED) is 0.104. The monoisotopic (exact) mass is 733 g/mol. The summed E-state index contributed by atoms with van der Waals surface area (Å²) in [4.78, 5) is 37.8. The van der Waals surface area contributed by atoms with Crippen molar-refractivity contribution in [3.8, 4) is 0 Å². The molecule has 0 aliphatic rings. The number of aromatic nitrogens is 3. The number of carbonyl (C=O) groups excluding carboxylic acids is 3. The van der Waals surface area contributed by atoms with Gasteiger partial charge in [-0.2, -0.15) is 44.2 Å². The van der Waals surface area contributed by atoms with E-state index in [2.05, 4.69) is 19.4 Å². The van der Waals surface area contributed by atoms with Crippen LogP contribution >= 0.6 is 0 Å². The van der Waals surface area contributed by atoms with Crippen LogP contribution in [0.15, 0.2) is 36.4 Å². The van der Waals surface area contributed by atoms with Gasteiger partial charge < -0.3 is 19.8 Å². The molecule has 0 aliphatic carbocycles. The lowest BCUT2D eigenvalue weighted by atomic mass is 10.2. The lowest BCUT2D eigenvalue weighted by Crippen LogP contribution is -2.34. The van der Waals surface area contributed by atoms with Crippen LogP contribution in [0.1, 0.15) is 58.3 Å². The third-order valence-corrected chi connectivity index (χ3v) is 5.21. The van der Waals surface area contributed by atoms with Crippen LogP contribution in [0.4, 0.5) is 39.5 Å². The highest BCUT2D eigenvalue weighted by Gasteiger charge is 2.49. The number of carbonyl (C=O) groups is 3. The van der Waals surface area contributed by atoms with Gasteiger partial charge in [-0.3, -0.25) is 9.97 Å². The highest BCUT2D eigenvalue weighted by molar-refractivity contribution is 5.90. The lowest BCUT2D eigenvalue weighted by Gasteiger charge is -2.07. The van der Waals surface area contributed by atoms with Crippen molar-refractivity contribution in [1.82, 2.24) is 9.97 Å². The van der Waals surface area contributed by atoms with E-state index in [-0.39, 0.29) is 14.0 Å². The molecule has 0 radical (unpaired) electrons. The maximum atomic E-state index is 11.8. The highest BCUT2D eigenvalue weighted by Crippen LogP contribution is 2.21. The first-order valence-electron chi connectivity index (χ1n) is 13.5. The molecule has 0 atom stereocenters. The Morgan fingerprint density at radius 1 is 0.640 bits per heavy atom. The smallest absolute Gasteiger partial charge is 0.491 e. The number of halogens is 9. The zero-order valence-electron chi connectivity index (χ0n) is 27.0. The van der Waals surface area contributed by atoms with Gasteiger partial charge in [0.2, 0.25) is 0 Å². The topological polar surface area (TPSA) is 143 Å². The average Bonchev–Trinajstić information content (AvgIpc) is 2.93. The zero-order chi connectivity index (χ0) is 38.5. The average molecular weight is 734 g/mol. The van der Waals surface area contributed by atoms with Crippen LogP contribution in [0.25, 0.3) is 0 Å². The third-order valence-electron chi connectivity index (χ3n) is 5.21. The molecule has 3 heterocycles. The Morgan fingerprint density at radius 3 is 1.32 bits per heavy atom. The fraction of sp³-hybridized carbons (Fsp3) is 0.419. The lowest BCUT2D eigenvalue weighted by molar-refractivity contribution is -0.619. The second kappa shape index (κ2) is 20.0. The number of rotatable bonds is 3. The van der Waals surface area contributed by atoms with Crippen LogP contribution in [-0.2, 0) is 37.1 Å². The molecule has 0 aromatic carbocycles. The summed E-state index contributed by atoms with van der Waals surface area (Å²) in [6, 6.07) is 11.0. The van der Waals surface area contributed by atoms with E-state index >= 15 is 0 Å². The van der Waals surface area contributed by atoms with Crippen LogP contribution in [-0.4, -0.2) is 51.5 Å². The summed E-state index contributed by atoms with van der Waals surface area (Å²) in [6.45, 7) is 12.6. The maximum absolute atomic E-state index is 11.8. The fourth-order valence-electron chi connectivity index (χ4n) is 3.52. The number of ether oxygens (including phenoxy) is 2. The molecule has 3 aromatic heterocycles. The minimum absolute atomic E-state index is 0. The van der Waals surface area contributed by atoms with Crippen LogP contribution in [0, 0.1) is 53.7 Å². The number of nitrogens with zero attached hydrogens (tertiary/aromatic N) is 3. The van der Waals surface area contributed by atoms with Crippen molar-refractivity contribution in [2.24, 2.45) is 0 Å². The Kier molecular flexibility index (Phi) is 18.9. The number of alkyl halides is 9. The minimum atomic E-state index is -5.62. The van der Waals surface area contributed by atoms with Crippen LogP contribution in [0.2, 0.25) is 0 Å². The molecule has 0 aliphatic heterocycles. The van der Waals surface area contributed by atoms with Gasteiger partial charge in [-0.1, -0.05) is 7.43 Å². The van der Waals surface area contributed by atoms with E-state index in [1.807, 2.05) is 58.9 Å². The summed E-state index contributed by atoms with van der Waals surface area (Å²) >= 11 is 0. The number of esters is 3. The van der Waals surface area contributed by atoms with E-state index < -0.39 is 43.0 Å². The minimum Gasteiger partial charge on any atom is -0.618 e. The maximum Gasteiger partial charge on any atom is 0.491 e. The van der Waals surface area contributed by atoms with Crippen LogP contribution in [0.3, 0.4) is 0 Å². The summed E-state index contributed by atoms with van der Waals surface area (Å²) < 4.78 is 110. The van der Waals surface area contributed by atoms with Crippen molar-refractivity contribution >= 4 is 17.9 Å². The van der Waals surface area contributed by atoms with E-state index in [4.69, 9.17) is 5.11 Å². The normalized spacial score (nSPS) is 10.8. The number of hydrogen-bond donors (Lipinski definition) is 1. The first kappa shape index (κ1) is 47.3. The molecule has 50 heavy (non-hydrogen) atoms.